The van der Waals surface area contributed by atoms with Crippen LogP contribution in [0, 0.1) is 58.0 Å². The van der Waals surface area contributed by atoms with Crippen LogP contribution in [0.3, 0.4) is 0 Å². The fourth-order valence-corrected chi connectivity index (χ4v) is 18.4. The number of sulfonamides is 4. The molecule has 2 amide bonds. The molecule has 6 heterocycles. The minimum Gasteiger partial charge on any atom is -0.490 e. The molecule has 7 aromatic carbocycles. The van der Waals surface area contributed by atoms with Gasteiger partial charge in [0.1, 0.15) is 82.1 Å². The van der Waals surface area contributed by atoms with Crippen molar-refractivity contribution in [2.75, 3.05) is 110 Å². The first-order chi connectivity index (χ1) is 63.3. The third kappa shape index (κ3) is 41.6. The van der Waals surface area contributed by atoms with Gasteiger partial charge in [-0.3, -0.25) is 40.5 Å². The Bertz CT molecular complexity index is 5360. The summed E-state index contributed by atoms with van der Waals surface area (Å²) in [7, 11) is -13.0. The zero-order valence-corrected chi connectivity index (χ0v) is 81.2. The molecular weight excluding hydrogens is 1840 g/mol. The van der Waals surface area contributed by atoms with Crippen LogP contribution in [0.5, 0.6) is 28.7 Å². The summed E-state index contributed by atoms with van der Waals surface area (Å²) >= 11 is 0. The van der Waals surface area contributed by atoms with E-state index in [-0.39, 0.29) is 95.6 Å². The number of hydrogen-bond donors (Lipinski definition) is 3. The number of nitro groups is 4. The Morgan fingerprint density at radius 3 is 0.948 bits per heavy atom. The van der Waals surface area contributed by atoms with E-state index in [4.69, 9.17) is 38.9 Å². The first-order valence-electron chi connectivity index (χ1n) is 44.1. The second kappa shape index (κ2) is 52.3. The average Bonchev–Trinajstić information content (AvgIpc) is 0.779. The van der Waals surface area contributed by atoms with Crippen molar-refractivity contribution in [2.45, 2.75) is 193 Å². The number of ether oxygens (including phenoxy) is 7. The number of rotatable bonds is 24. The van der Waals surface area contributed by atoms with E-state index in [1.165, 1.54) is 84.5 Å². The molecule has 38 nitrogen and oxygen atoms in total. The number of carbonyl (C=O) groups is 2. The van der Waals surface area contributed by atoms with Crippen LogP contribution in [-0.2, 0) is 61.9 Å². The summed E-state index contributed by atoms with van der Waals surface area (Å²) in [6.07, 6.45) is 11.5. The predicted octanol–water partition coefficient (Wildman–Crippen LogP) is 14.3. The van der Waals surface area contributed by atoms with Crippen LogP contribution < -0.4 is 34.7 Å². The summed E-state index contributed by atoms with van der Waals surface area (Å²) in [5, 5.41) is 54.1. The minimum atomic E-state index is -3.60. The summed E-state index contributed by atoms with van der Waals surface area (Å²) in [6, 6.07) is 42.6. The Balaban J connectivity index is 0.000000221. The Hall–Kier alpha value is -11.1. The molecule has 4 N–H and O–H groups in total. The van der Waals surface area contributed by atoms with Gasteiger partial charge in [-0.1, -0.05) is 38.1 Å². The number of carbonyl (C=O) groups excluding carboxylic acids is 2. The van der Waals surface area contributed by atoms with Crippen molar-refractivity contribution in [2.24, 2.45) is 5.92 Å². The molecule has 13 rings (SSSR count). The number of anilines is 1. The molecule has 44 heteroatoms. The molecule has 0 aromatic heterocycles. The SMILES string of the molecule is CC(C)(C)OC(=O)N1CCC(O)CC1.CC(C)(C)OC(=O)N1CCC(Oc2ccc([N+](=O)[O-])cc2)CC1.CC(C)CN(Cc1ccc(F)cc1)S(=O)(=O)Cc1ccc(OC2CCN(S(C)(=O)=O)CC2)cc1.CS(=O)(=O)N1CCC(Oc2ccc(N)cc2)CC1.CS(=O)(=O)N1CCC(Oc2ccc([N+](=O)[O-])cc2)CC1.O=[N+]([O-])c1ccc(F)cc1.O=[N+]([O-])c1ccc(OC2CCNCC2)cc1. The number of piperidine rings is 6. The molecule has 0 saturated carbocycles. The maximum atomic E-state index is 13.2. The number of nitrogens with two attached hydrogens (primary N) is 1. The summed E-state index contributed by atoms with van der Waals surface area (Å²) in [4.78, 5) is 66.6. The highest BCUT2D eigenvalue weighted by Gasteiger charge is 2.33. The quantitative estimate of drug-likeness (QED) is 0.0287. The minimum absolute atomic E-state index is 0.00450. The summed E-state index contributed by atoms with van der Waals surface area (Å²) in [6.45, 7) is 22.6. The zero-order valence-electron chi connectivity index (χ0n) is 77.9. The van der Waals surface area contributed by atoms with Crippen molar-refractivity contribution in [1.29, 1.82) is 0 Å². The van der Waals surface area contributed by atoms with Gasteiger partial charge in [-0.05, 0) is 233 Å². The first-order valence-corrected chi connectivity index (χ1v) is 51.3. The number of nitro benzene ring substituents is 4. The summed E-state index contributed by atoms with van der Waals surface area (Å²) in [5.74, 6) is 2.45. The number of halogens is 2. The van der Waals surface area contributed by atoms with Gasteiger partial charge in [0.05, 0.1) is 50.3 Å². The Morgan fingerprint density at radius 2 is 0.667 bits per heavy atom. The van der Waals surface area contributed by atoms with Crippen molar-refractivity contribution in [3.05, 3.63) is 233 Å². The second-order valence-electron chi connectivity index (χ2n) is 35.3. The molecule has 6 fully saturated rings. The third-order valence-electron chi connectivity index (χ3n) is 21.2. The lowest BCUT2D eigenvalue weighted by molar-refractivity contribution is -0.385. The number of nitrogens with zero attached hydrogens (tertiary/aromatic N) is 10. The van der Waals surface area contributed by atoms with Gasteiger partial charge in [0.15, 0.2) is 0 Å². The molecule has 6 saturated heterocycles. The van der Waals surface area contributed by atoms with Crippen LogP contribution in [0.4, 0.5) is 46.8 Å². The van der Waals surface area contributed by atoms with E-state index in [1.807, 2.05) is 67.5 Å². The van der Waals surface area contributed by atoms with E-state index in [1.54, 1.807) is 94.7 Å². The van der Waals surface area contributed by atoms with Crippen LogP contribution in [0.1, 0.15) is 144 Å². The number of amides is 2. The van der Waals surface area contributed by atoms with Crippen molar-refractivity contribution in [3.63, 3.8) is 0 Å². The molecular formula is C91H126F2N12O26S4. The van der Waals surface area contributed by atoms with Crippen LogP contribution in [0.2, 0.25) is 0 Å². The molecule has 7 aromatic rings. The monoisotopic (exact) mass is 1970 g/mol. The van der Waals surface area contributed by atoms with Gasteiger partial charge < -0.3 is 59.1 Å². The summed E-state index contributed by atoms with van der Waals surface area (Å²) in [5.41, 5.74) is 6.80. The van der Waals surface area contributed by atoms with Crippen molar-refractivity contribution in [3.8, 4) is 28.7 Å². The summed E-state index contributed by atoms with van der Waals surface area (Å²) < 4.78 is 166. The van der Waals surface area contributed by atoms with Crippen LogP contribution in [0.15, 0.2) is 170 Å². The van der Waals surface area contributed by atoms with E-state index < -0.39 is 76.8 Å². The largest absolute Gasteiger partial charge is 0.490 e. The smallest absolute Gasteiger partial charge is 0.410 e. The van der Waals surface area contributed by atoms with Gasteiger partial charge in [0.2, 0.25) is 40.1 Å². The van der Waals surface area contributed by atoms with Crippen molar-refractivity contribution in [1.82, 2.24) is 32.3 Å². The van der Waals surface area contributed by atoms with Gasteiger partial charge in [-0.2, -0.15) is 4.31 Å². The molecule has 0 spiro atoms. The molecule has 0 atom stereocenters. The fourth-order valence-electron chi connectivity index (χ4n) is 14.1. The number of likely N-dealkylation sites (tertiary alicyclic amines) is 2. The molecule has 0 aliphatic carbocycles. The van der Waals surface area contributed by atoms with Gasteiger partial charge >= 0.3 is 12.2 Å². The molecule has 0 radical (unpaired) electrons. The van der Waals surface area contributed by atoms with Crippen LogP contribution in [0.25, 0.3) is 0 Å². The Morgan fingerprint density at radius 1 is 0.415 bits per heavy atom. The number of nitrogen functional groups attached to an aromatic ring is 1. The Kier molecular flexibility index (Phi) is 43.0. The molecule has 135 heavy (non-hydrogen) atoms. The van der Waals surface area contributed by atoms with Crippen molar-refractivity contribution < 1.29 is 110 Å². The van der Waals surface area contributed by atoms with Gasteiger partial charge in [0.25, 0.3) is 22.7 Å². The van der Waals surface area contributed by atoms with Gasteiger partial charge in [-0.25, -0.2) is 65.0 Å². The number of non-ortho nitro benzene ring substituents is 4. The van der Waals surface area contributed by atoms with E-state index in [2.05, 4.69) is 5.32 Å². The van der Waals surface area contributed by atoms with Crippen LogP contribution in [-0.4, -0.2) is 249 Å². The van der Waals surface area contributed by atoms with Crippen molar-refractivity contribution >= 4 is 80.7 Å². The highest BCUT2D eigenvalue weighted by molar-refractivity contribution is 7.89. The molecule has 6 aliphatic rings. The highest BCUT2D eigenvalue weighted by atomic mass is 32.2. The molecule has 744 valence electrons. The molecule has 6 aliphatic heterocycles. The maximum Gasteiger partial charge on any atom is 0.410 e. The standard InChI is InChI=1S/C24H33FN2O5S2.C16H22N2O5.C12H16N2O5S.C12H18N2O3S.C11H14N2O3.C10H19NO3.C6H4FNO2/c1-19(2)16-27(17-20-4-8-22(25)9-5-20)34(30,31)18-21-6-10-23(11-7-21)32-24-12-14-26(15-13-24)33(3,28)29;1-16(2,3)23-15(19)17-10-8-14(9-11-17)22-13-6-4-12(5-7-13)18(20)21;1-20(17,18)13-8-6-12(7-9-13)19-11-4-2-10(3-5-11)14(15)16;1-18(15,16)14-8-6-12(7-9-14)17-11-4-2-10(13)3-5-11;14-13(15)9-1-3-10(4-2-9)16-11-5-7-12-8-6-11;1-10(2,3)14-9(13)11-6-4-8(12)5-7-11;7-5-1-3-6(4-2-5)8(9)10/h4-11,19,24H,12-18H2,1-3H3;4-7,14H,8-11H2,1-3H3;2-5,12H,6-9H2,1H3;2-5,12H,6-9,13H2,1H3;1-4,11-12H,5-8H2;8,12H,4-7H2,1-3H3;1-4H. The normalized spacial score (nSPS) is 16.7. The van der Waals surface area contributed by atoms with Gasteiger partial charge in [-0.15, -0.1) is 0 Å². The molecule has 0 bridgehead atoms. The number of aliphatic hydroxyl groups excluding tert-OH is 1. The number of aliphatic hydroxyl groups is 1. The van der Waals surface area contributed by atoms with Gasteiger partial charge in [0, 0.05) is 146 Å². The Labute approximate surface area is 788 Å². The topological polar surface area (TPSA) is 486 Å². The van der Waals surface area contributed by atoms with E-state index >= 15 is 0 Å². The first kappa shape index (κ1) is 111. The lowest BCUT2D eigenvalue weighted by Gasteiger charge is -2.33. The zero-order chi connectivity index (χ0) is 99.6. The fraction of sp³-hybridized carbons (Fsp3) is 0.516. The number of benzene rings is 7. The maximum absolute atomic E-state index is 13.2. The lowest BCUT2D eigenvalue weighted by atomic mass is 10.1. The molecule has 0 unspecified atom stereocenters. The van der Waals surface area contributed by atoms with E-state index in [9.17, 15) is 97.6 Å². The number of nitrogens with one attached hydrogen (secondary N) is 1. The number of hydrogen-bond acceptors (Lipinski definition) is 28. The second-order valence-corrected chi connectivity index (χ2v) is 43.2. The van der Waals surface area contributed by atoms with Crippen LogP contribution >= 0.6 is 0 Å². The third-order valence-corrected chi connectivity index (χ3v) is 26.9. The predicted molar refractivity (Wildman–Crippen MR) is 505 cm³/mol. The van der Waals surface area contributed by atoms with E-state index in [0.29, 0.717) is 158 Å². The highest BCUT2D eigenvalue weighted by Crippen LogP contribution is 2.30. The lowest BCUT2D eigenvalue weighted by Crippen LogP contribution is -2.44. The average molecular weight is 1970 g/mol. The van der Waals surface area contributed by atoms with E-state index in [0.717, 1.165) is 74.4 Å².